The van der Waals surface area contributed by atoms with E-state index in [4.69, 9.17) is 10.1 Å². The van der Waals surface area contributed by atoms with E-state index in [0.717, 1.165) is 48.6 Å². The molecule has 206 valence electrons. The van der Waals surface area contributed by atoms with Crippen molar-refractivity contribution in [1.29, 1.82) is 0 Å². The Balaban J connectivity index is 1.31. The van der Waals surface area contributed by atoms with Crippen LogP contribution in [-0.4, -0.2) is 82.7 Å². The van der Waals surface area contributed by atoms with Crippen LogP contribution in [0.2, 0.25) is 0 Å². The molecule has 0 bridgehead atoms. The number of aliphatic hydroxyl groups is 1. The normalized spacial score (nSPS) is 23.4. The van der Waals surface area contributed by atoms with E-state index in [2.05, 4.69) is 9.89 Å². The number of piperidine rings is 1. The number of amides is 1. The number of halogens is 1. The summed E-state index contributed by atoms with van der Waals surface area (Å²) in [4.78, 5) is 26.3. The van der Waals surface area contributed by atoms with Crippen molar-refractivity contribution >= 4 is 32.9 Å². The van der Waals surface area contributed by atoms with Gasteiger partial charge in [-0.1, -0.05) is 6.92 Å². The van der Waals surface area contributed by atoms with Crippen molar-refractivity contribution in [2.75, 3.05) is 36.8 Å². The molecule has 6 rings (SSSR count). The van der Waals surface area contributed by atoms with E-state index in [9.17, 15) is 22.7 Å². The fourth-order valence-corrected chi connectivity index (χ4v) is 6.64. The number of anilines is 1. The number of likely N-dealkylation sites (tertiary alicyclic amines) is 1. The molecule has 2 fully saturated rings. The third-order valence-corrected chi connectivity index (χ3v) is 9.73. The van der Waals surface area contributed by atoms with Gasteiger partial charge in [-0.3, -0.25) is 9.79 Å². The molecule has 0 spiro atoms. The second kappa shape index (κ2) is 9.67. The first-order valence-corrected chi connectivity index (χ1v) is 15.0. The van der Waals surface area contributed by atoms with Gasteiger partial charge in [-0.15, -0.1) is 0 Å². The van der Waals surface area contributed by atoms with Gasteiger partial charge in [0, 0.05) is 49.1 Å². The van der Waals surface area contributed by atoms with Crippen LogP contribution in [0.1, 0.15) is 53.8 Å². The third-order valence-electron chi connectivity index (χ3n) is 7.99. The SMILES string of the molecule is CCS(=O)(=O)c1ccc(F)c(C(=O)N2CCCC[C@H]2c2cc3nc(N4CC(C5=NC5)[C@@H](O)C4)c(C)cn3n2)c1. The molecule has 10 nitrogen and oxygen atoms in total. The molecule has 1 amide bonds. The molecule has 1 aromatic carbocycles. The standard InChI is InChI=1S/C27H31FN6O4S/c1-3-39(37,38)17-7-8-20(28)18(10-17)27(36)33-9-5-4-6-23(33)21-11-25-30-26(16(2)13-34(25)31-21)32-14-19(22-12-29-22)24(35)15-32/h7-8,10-11,13,19,23-24,35H,3-6,9,12,14-15H2,1-2H3/t19?,23-,24-/m0/s1. The number of sulfone groups is 1. The van der Waals surface area contributed by atoms with E-state index in [1.54, 1.807) is 9.42 Å². The minimum absolute atomic E-state index is 0.0379. The summed E-state index contributed by atoms with van der Waals surface area (Å²) in [6.07, 6.45) is 3.71. The predicted molar refractivity (Wildman–Crippen MR) is 143 cm³/mol. The van der Waals surface area contributed by atoms with Crippen LogP contribution in [0.25, 0.3) is 5.65 Å². The Morgan fingerprint density at radius 2 is 2.00 bits per heavy atom. The minimum atomic E-state index is -3.60. The number of aromatic nitrogens is 3. The lowest BCUT2D eigenvalue weighted by atomic mass is 9.98. The zero-order chi connectivity index (χ0) is 27.5. The molecular weight excluding hydrogens is 523 g/mol. The Morgan fingerprint density at radius 3 is 2.74 bits per heavy atom. The zero-order valence-corrected chi connectivity index (χ0v) is 22.7. The average Bonchev–Trinajstić information content (AvgIpc) is 3.57. The number of hydrogen-bond donors (Lipinski definition) is 1. The van der Waals surface area contributed by atoms with Crippen molar-refractivity contribution in [2.45, 2.75) is 50.2 Å². The van der Waals surface area contributed by atoms with Gasteiger partial charge in [-0.25, -0.2) is 22.3 Å². The van der Waals surface area contributed by atoms with Crippen molar-refractivity contribution in [2.24, 2.45) is 10.9 Å². The summed E-state index contributed by atoms with van der Waals surface area (Å²) in [5, 5.41) is 15.3. The second-order valence-corrected chi connectivity index (χ2v) is 12.8. The largest absolute Gasteiger partial charge is 0.391 e. The van der Waals surface area contributed by atoms with Crippen molar-refractivity contribution in [3.8, 4) is 0 Å². The molecule has 1 N–H and O–H groups in total. The van der Waals surface area contributed by atoms with Crippen LogP contribution in [-0.2, 0) is 9.84 Å². The maximum Gasteiger partial charge on any atom is 0.257 e. The average molecular weight is 555 g/mol. The molecule has 3 aromatic rings. The van der Waals surface area contributed by atoms with E-state index in [1.807, 2.05) is 19.2 Å². The first-order chi connectivity index (χ1) is 18.7. The van der Waals surface area contributed by atoms with Crippen molar-refractivity contribution in [3.63, 3.8) is 0 Å². The van der Waals surface area contributed by atoms with E-state index < -0.39 is 33.7 Å². The van der Waals surface area contributed by atoms with Gasteiger partial charge in [0.1, 0.15) is 11.6 Å². The maximum absolute atomic E-state index is 14.8. The molecule has 12 heteroatoms. The van der Waals surface area contributed by atoms with Gasteiger partial charge < -0.3 is 14.9 Å². The van der Waals surface area contributed by atoms with Gasteiger partial charge in [0.2, 0.25) is 0 Å². The second-order valence-electron chi connectivity index (χ2n) is 10.6. The number of aliphatic imine (C=N–C) groups is 1. The molecule has 1 unspecified atom stereocenters. The fraction of sp³-hybridized carbons (Fsp3) is 0.481. The lowest BCUT2D eigenvalue weighted by Crippen LogP contribution is -2.39. The Labute approximate surface area is 226 Å². The molecule has 0 saturated carbocycles. The van der Waals surface area contributed by atoms with Crippen LogP contribution in [0.4, 0.5) is 10.2 Å². The van der Waals surface area contributed by atoms with Gasteiger partial charge in [-0.2, -0.15) is 5.10 Å². The van der Waals surface area contributed by atoms with Crippen LogP contribution in [0.3, 0.4) is 0 Å². The molecule has 3 atom stereocenters. The van der Waals surface area contributed by atoms with E-state index in [-0.39, 0.29) is 22.1 Å². The number of benzene rings is 1. The first-order valence-electron chi connectivity index (χ1n) is 13.3. The summed E-state index contributed by atoms with van der Waals surface area (Å²) in [6, 6.07) is 4.85. The highest BCUT2D eigenvalue weighted by molar-refractivity contribution is 7.91. The topological polar surface area (TPSA) is 120 Å². The van der Waals surface area contributed by atoms with Crippen LogP contribution in [0.15, 0.2) is 40.4 Å². The van der Waals surface area contributed by atoms with Crippen LogP contribution >= 0.6 is 0 Å². The van der Waals surface area contributed by atoms with E-state index >= 15 is 0 Å². The highest BCUT2D eigenvalue weighted by Crippen LogP contribution is 2.34. The predicted octanol–water partition coefficient (Wildman–Crippen LogP) is 2.59. The molecular formula is C27H31FN6O4S. The number of fused-ring (bicyclic) bond motifs is 1. The van der Waals surface area contributed by atoms with Crippen molar-refractivity contribution in [3.05, 3.63) is 53.1 Å². The summed E-state index contributed by atoms with van der Waals surface area (Å²) < 4.78 is 41.3. The van der Waals surface area contributed by atoms with Gasteiger partial charge in [0.25, 0.3) is 5.91 Å². The van der Waals surface area contributed by atoms with Crippen LogP contribution < -0.4 is 4.90 Å². The lowest BCUT2D eigenvalue weighted by Gasteiger charge is -2.35. The minimum Gasteiger partial charge on any atom is -0.391 e. The lowest BCUT2D eigenvalue weighted by molar-refractivity contribution is 0.0600. The molecule has 0 radical (unpaired) electrons. The molecule has 3 aliphatic rings. The van der Waals surface area contributed by atoms with Gasteiger partial charge in [0.05, 0.1) is 40.6 Å². The number of hydrogen-bond acceptors (Lipinski definition) is 8. The monoisotopic (exact) mass is 554 g/mol. The van der Waals surface area contributed by atoms with Gasteiger partial charge in [0.15, 0.2) is 15.5 Å². The number of β-amino-alcohol motifs (C(OH)–C–C–N with tert-alkyl or cyclic N) is 1. The number of rotatable bonds is 6. The fourth-order valence-electron chi connectivity index (χ4n) is 5.73. The quantitative estimate of drug-likeness (QED) is 0.465. The number of nitrogens with zero attached hydrogens (tertiary/aromatic N) is 6. The number of aliphatic hydroxyl groups excluding tert-OH is 1. The highest BCUT2D eigenvalue weighted by atomic mass is 32.2. The number of aryl methyl sites for hydroxylation is 1. The molecule has 2 aromatic heterocycles. The number of carbonyl (C=O) groups is 1. The van der Waals surface area contributed by atoms with E-state index in [1.165, 1.54) is 13.0 Å². The zero-order valence-electron chi connectivity index (χ0n) is 21.9. The summed E-state index contributed by atoms with van der Waals surface area (Å²) in [5.74, 6) is -0.618. The number of carbonyl (C=O) groups excluding carboxylic acids is 1. The Bertz CT molecular complexity index is 1600. The van der Waals surface area contributed by atoms with Crippen molar-refractivity contribution < 1.29 is 22.7 Å². The van der Waals surface area contributed by atoms with Gasteiger partial charge in [-0.05, 0) is 44.4 Å². The third kappa shape index (κ3) is 4.69. The van der Waals surface area contributed by atoms with Crippen LogP contribution in [0.5, 0.6) is 0 Å². The molecule has 5 heterocycles. The van der Waals surface area contributed by atoms with Crippen LogP contribution in [0, 0.1) is 18.7 Å². The van der Waals surface area contributed by atoms with Gasteiger partial charge >= 0.3 is 0 Å². The van der Waals surface area contributed by atoms with Crippen molar-refractivity contribution in [1.82, 2.24) is 19.5 Å². The highest BCUT2D eigenvalue weighted by Gasteiger charge is 2.39. The van der Waals surface area contributed by atoms with E-state index in [0.29, 0.717) is 37.4 Å². The summed E-state index contributed by atoms with van der Waals surface area (Å²) in [7, 11) is -3.60. The summed E-state index contributed by atoms with van der Waals surface area (Å²) in [5.41, 5.74) is 2.99. The molecule has 39 heavy (non-hydrogen) atoms. The molecule has 3 aliphatic heterocycles. The Hall–Kier alpha value is -3.38. The molecule has 0 aliphatic carbocycles. The summed E-state index contributed by atoms with van der Waals surface area (Å²) in [6.45, 7) is 5.75. The Morgan fingerprint density at radius 1 is 1.21 bits per heavy atom. The smallest absolute Gasteiger partial charge is 0.257 e. The maximum atomic E-state index is 14.8. The summed E-state index contributed by atoms with van der Waals surface area (Å²) >= 11 is 0. The first kappa shape index (κ1) is 25.9. The molecule has 2 saturated heterocycles. The Kier molecular flexibility index (Phi) is 6.41.